The lowest BCUT2D eigenvalue weighted by molar-refractivity contribution is 0.0779. The van der Waals surface area contributed by atoms with Crippen molar-refractivity contribution >= 4 is 5.91 Å². The van der Waals surface area contributed by atoms with Gasteiger partial charge in [0.25, 0.3) is 5.91 Å². The molecule has 2 heterocycles. The maximum absolute atomic E-state index is 12.1. The molecule has 0 radical (unpaired) electrons. The van der Waals surface area contributed by atoms with Crippen molar-refractivity contribution in [2.45, 2.75) is 19.8 Å². The molecule has 1 atom stereocenters. The molecule has 0 saturated carbocycles. The Hall–Kier alpha value is -1.29. The van der Waals surface area contributed by atoms with E-state index in [2.05, 4.69) is 0 Å². The molecule has 1 unspecified atom stereocenters. The average Bonchev–Trinajstić information content (AvgIpc) is 2.96. The van der Waals surface area contributed by atoms with Crippen LogP contribution < -0.4 is 0 Å². The van der Waals surface area contributed by atoms with Crippen molar-refractivity contribution in [1.29, 1.82) is 0 Å². The standard InChI is InChI=1S/C12H17NO3/c1-2-11-10(4-6-16-11)12(15)13-5-3-9(7-13)8-14/h4,6,9,14H,2-3,5,7-8H2,1H3. The number of nitrogens with zero attached hydrogens (tertiary/aromatic N) is 1. The molecule has 0 spiro atoms. The molecule has 0 bridgehead atoms. The largest absolute Gasteiger partial charge is 0.469 e. The quantitative estimate of drug-likeness (QED) is 0.840. The highest BCUT2D eigenvalue weighted by molar-refractivity contribution is 5.95. The molecule has 2 rings (SSSR count). The summed E-state index contributed by atoms with van der Waals surface area (Å²) in [4.78, 5) is 13.9. The molecule has 1 amide bonds. The molecule has 1 saturated heterocycles. The number of furan rings is 1. The van der Waals surface area contributed by atoms with E-state index in [4.69, 9.17) is 9.52 Å². The maximum Gasteiger partial charge on any atom is 0.257 e. The van der Waals surface area contributed by atoms with Crippen LogP contribution in [0.5, 0.6) is 0 Å². The van der Waals surface area contributed by atoms with Crippen molar-refractivity contribution in [3.63, 3.8) is 0 Å². The number of amides is 1. The van der Waals surface area contributed by atoms with Crippen LogP contribution in [0.2, 0.25) is 0 Å². The molecule has 1 N–H and O–H groups in total. The number of carbonyl (C=O) groups is 1. The second-order valence-corrected chi connectivity index (χ2v) is 4.20. The number of carbonyl (C=O) groups excluding carboxylic acids is 1. The van der Waals surface area contributed by atoms with E-state index >= 15 is 0 Å². The van der Waals surface area contributed by atoms with E-state index in [0.717, 1.165) is 25.1 Å². The van der Waals surface area contributed by atoms with Gasteiger partial charge in [0.15, 0.2) is 0 Å². The molecule has 16 heavy (non-hydrogen) atoms. The van der Waals surface area contributed by atoms with Crippen LogP contribution in [0.25, 0.3) is 0 Å². The third-order valence-electron chi connectivity index (χ3n) is 3.13. The number of likely N-dealkylation sites (tertiary alicyclic amines) is 1. The zero-order chi connectivity index (χ0) is 11.5. The minimum Gasteiger partial charge on any atom is -0.469 e. The Bertz CT molecular complexity index is 372. The zero-order valence-corrected chi connectivity index (χ0v) is 9.48. The molecule has 1 aromatic rings. The highest BCUT2D eigenvalue weighted by atomic mass is 16.3. The summed E-state index contributed by atoms with van der Waals surface area (Å²) in [6.07, 6.45) is 3.18. The number of hydrogen-bond acceptors (Lipinski definition) is 3. The molecule has 0 aliphatic carbocycles. The van der Waals surface area contributed by atoms with Gasteiger partial charge in [-0.1, -0.05) is 6.92 Å². The molecular weight excluding hydrogens is 206 g/mol. The first-order valence-corrected chi connectivity index (χ1v) is 5.72. The molecule has 1 aliphatic heterocycles. The Morgan fingerprint density at radius 3 is 3.12 bits per heavy atom. The highest BCUT2D eigenvalue weighted by Crippen LogP contribution is 2.20. The van der Waals surface area contributed by atoms with E-state index in [-0.39, 0.29) is 18.4 Å². The molecule has 88 valence electrons. The van der Waals surface area contributed by atoms with Crippen molar-refractivity contribution in [3.05, 3.63) is 23.7 Å². The van der Waals surface area contributed by atoms with Crippen LogP contribution in [0, 0.1) is 5.92 Å². The van der Waals surface area contributed by atoms with Crippen molar-refractivity contribution in [2.24, 2.45) is 5.92 Å². The van der Waals surface area contributed by atoms with Gasteiger partial charge in [-0.3, -0.25) is 4.79 Å². The van der Waals surface area contributed by atoms with Crippen LogP contribution in [0.4, 0.5) is 0 Å². The van der Waals surface area contributed by atoms with Crippen molar-refractivity contribution in [2.75, 3.05) is 19.7 Å². The molecule has 1 fully saturated rings. The third-order valence-corrected chi connectivity index (χ3v) is 3.13. The van der Waals surface area contributed by atoms with Crippen molar-refractivity contribution in [3.8, 4) is 0 Å². The van der Waals surface area contributed by atoms with Gasteiger partial charge >= 0.3 is 0 Å². The summed E-state index contributed by atoms with van der Waals surface area (Å²) in [5.41, 5.74) is 0.668. The smallest absolute Gasteiger partial charge is 0.257 e. The predicted octanol–water partition coefficient (Wildman–Crippen LogP) is 1.30. The highest BCUT2D eigenvalue weighted by Gasteiger charge is 2.28. The van der Waals surface area contributed by atoms with Gasteiger partial charge in [0.1, 0.15) is 5.76 Å². The second-order valence-electron chi connectivity index (χ2n) is 4.20. The zero-order valence-electron chi connectivity index (χ0n) is 9.48. The van der Waals surface area contributed by atoms with Gasteiger partial charge in [0.05, 0.1) is 11.8 Å². The number of rotatable bonds is 3. The van der Waals surface area contributed by atoms with Gasteiger partial charge in [0, 0.05) is 32.0 Å². The third kappa shape index (κ3) is 1.97. The Morgan fingerprint density at radius 1 is 1.69 bits per heavy atom. The summed E-state index contributed by atoms with van der Waals surface area (Å²) in [5.74, 6) is 1.01. The van der Waals surface area contributed by atoms with Crippen LogP contribution in [0.3, 0.4) is 0 Å². The SMILES string of the molecule is CCc1occc1C(=O)N1CCC(CO)C1. The first-order valence-electron chi connectivity index (χ1n) is 5.72. The van der Waals surface area contributed by atoms with Gasteiger partial charge in [-0.25, -0.2) is 0 Å². The maximum atomic E-state index is 12.1. The van der Waals surface area contributed by atoms with Crippen LogP contribution in [-0.4, -0.2) is 35.6 Å². The van der Waals surface area contributed by atoms with E-state index in [1.807, 2.05) is 6.92 Å². The summed E-state index contributed by atoms with van der Waals surface area (Å²) in [6, 6.07) is 1.73. The van der Waals surface area contributed by atoms with Gasteiger partial charge in [-0.15, -0.1) is 0 Å². The Balaban J connectivity index is 2.08. The lowest BCUT2D eigenvalue weighted by Gasteiger charge is -2.15. The van der Waals surface area contributed by atoms with Gasteiger partial charge < -0.3 is 14.4 Å². The van der Waals surface area contributed by atoms with Gasteiger partial charge in [0.2, 0.25) is 0 Å². The average molecular weight is 223 g/mol. The minimum atomic E-state index is 0.0292. The number of aliphatic hydroxyl groups excluding tert-OH is 1. The van der Waals surface area contributed by atoms with E-state index in [1.165, 1.54) is 0 Å². The van der Waals surface area contributed by atoms with Crippen LogP contribution in [0.1, 0.15) is 29.5 Å². The lowest BCUT2D eigenvalue weighted by atomic mass is 10.1. The molecule has 4 nitrogen and oxygen atoms in total. The Kier molecular flexibility index (Phi) is 3.29. The summed E-state index contributed by atoms with van der Waals surface area (Å²) < 4.78 is 5.25. The molecule has 1 aromatic heterocycles. The molecule has 4 heteroatoms. The molecular formula is C12H17NO3. The van der Waals surface area contributed by atoms with Crippen molar-refractivity contribution in [1.82, 2.24) is 4.90 Å². The molecule has 0 aromatic carbocycles. The summed E-state index contributed by atoms with van der Waals surface area (Å²) in [7, 11) is 0. The van der Waals surface area contributed by atoms with Gasteiger partial charge in [-0.05, 0) is 12.5 Å². The van der Waals surface area contributed by atoms with E-state index in [0.29, 0.717) is 12.1 Å². The van der Waals surface area contributed by atoms with Crippen LogP contribution >= 0.6 is 0 Å². The second kappa shape index (κ2) is 4.70. The van der Waals surface area contributed by atoms with E-state index in [9.17, 15) is 4.79 Å². The first-order chi connectivity index (χ1) is 7.76. The Morgan fingerprint density at radius 2 is 2.50 bits per heavy atom. The van der Waals surface area contributed by atoms with Crippen LogP contribution in [0.15, 0.2) is 16.7 Å². The monoisotopic (exact) mass is 223 g/mol. The number of aryl methyl sites for hydroxylation is 1. The molecule has 1 aliphatic rings. The fraction of sp³-hybridized carbons (Fsp3) is 0.583. The van der Waals surface area contributed by atoms with E-state index in [1.54, 1.807) is 17.2 Å². The summed E-state index contributed by atoms with van der Waals surface area (Å²) in [6.45, 7) is 3.52. The minimum absolute atomic E-state index is 0.0292. The summed E-state index contributed by atoms with van der Waals surface area (Å²) >= 11 is 0. The fourth-order valence-corrected chi connectivity index (χ4v) is 2.14. The normalized spacial score (nSPS) is 20.4. The fourth-order valence-electron chi connectivity index (χ4n) is 2.14. The number of aliphatic hydroxyl groups is 1. The van der Waals surface area contributed by atoms with Crippen molar-refractivity contribution < 1.29 is 14.3 Å². The number of hydrogen-bond donors (Lipinski definition) is 1. The van der Waals surface area contributed by atoms with Gasteiger partial charge in [-0.2, -0.15) is 0 Å². The summed E-state index contributed by atoms with van der Waals surface area (Å²) in [5, 5.41) is 9.04. The topological polar surface area (TPSA) is 53.7 Å². The predicted molar refractivity (Wildman–Crippen MR) is 59.2 cm³/mol. The first kappa shape index (κ1) is 11.2. The Labute approximate surface area is 94.9 Å². The van der Waals surface area contributed by atoms with Crippen LogP contribution in [-0.2, 0) is 6.42 Å². The van der Waals surface area contributed by atoms with E-state index < -0.39 is 0 Å². The lowest BCUT2D eigenvalue weighted by Crippen LogP contribution is -2.29.